The lowest BCUT2D eigenvalue weighted by molar-refractivity contribution is -0.384. The zero-order valence-corrected chi connectivity index (χ0v) is 12.5. The first-order chi connectivity index (χ1) is 10.3. The monoisotopic (exact) mass is 309 g/mol. The maximum Gasteiger partial charge on any atom is 0.317 e. The summed E-state index contributed by atoms with van der Waals surface area (Å²) >= 11 is 0. The normalized spacial score (nSPS) is 10.5. The summed E-state index contributed by atoms with van der Waals surface area (Å²) in [4.78, 5) is 34.4. The third kappa shape index (κ3) is 5.49. The Morgan fingerprint density at radius 3 is 2.55 bits per heavy atom. The molecule has 1 amide bonds. The SMILES string of the molecule is CCCN(CC(=O)O)CC(=O)Nc1ccc([N+](=O)[O-])cc1C. The van der Waals surface area contributed by atoms with Gasteiger partial charge in [0.2, 0.25) is 5.91 Å². The van der Waals surface area contributed by atoms with Crippen molar-refractivity contribution in [1.82, 2.24) is 4.90 Å². The van der Waals surface area contributed by atoms with Crippen LogP contribution < -0.4 is 5.32 Å². The van der Waals surface area contributed by atoms with Crippen LogP contribution in [-0.4, -0.2) is 46.4 Å². The lowest BCUT2D eigenvalue weighted by Gasteiger charge is -2.19. The van der Waals surface area contributed by atoms with Crippen molar-refractivity contribution in [2.75, 3.05) is 25.0 Å². The quantitative estimate of drug-likeness (QED) is 0.557. The molecular weight excluding hydrogens is 290 g/mol. The molecule has 0 aliphatic carbocycles. The summed E-state index contributed by atoms with van der Waals surface area (Å²) in [6.45, 7) is 3.80. The lowest BCUT2D eigenvalue weighted by Crippen LogP contribution is -2.37. The minimum absolute atomic E-state index is 0.0451. The average Bonchev–Trinajstić information content (AvgIpc) is 2.40. The highest BCUT2D eigenvalue weighted by atomic mass is 16.6. The molecule has 1 rings (SSSR count). The Morgan fingerprint density at radius 2 is 2.05 bits per heavy atom. The predicted octanol–water partition coefficient (Wildman–Crippen LogP) is 1.64. The van der Waals surface area contributed by atoms with E-state index in [-0.39, 0.29) is 24.7 Å². The molecule has 0 unspecified atom stereocenters. The molecule has 2 N–H and O–H groups in total. The number of hydrogen-bond donors (Lipinski definition) is 2. The van der Waals surface area contributed by atoms with Crippen molar-refractivity contribution >= 4 is 23.3 Å². The van der Waals surface area contributed by atoms with E-state index in [4.69, 9.17) is 5.11 Å². The molecule has 0 fully saturated rings. The molecule has 0 spiro atoms. The van der Waals surface area contributed by atoms with Gasteiger partial charge < -0.3 is 10.4 Å². The molecule has 120 valence electrons. The number of nitro benzene ring substituents is 1. The van der Waals surface area contributed by atoms with E-state index in [0.29, 0.717) is 17.8 Å². The van der Waals surface area contributed by atoms with Crippen molar-refractivity contribution in [2.45, 2.75) is 20.3 Å². The summed E-state index contributed by atoms with van der Waals surface area (Å²) in [7, 11) is 0. The molecule has 0 aromatic heterocycles. The first kappa shape index (κ1) is 17.6. The number of nitrogens with one attached hydrogen (secondary N) is 1. The molecule has 0 heterocycles. The van der Waals surface area contributed by atoms with Crippen LogP contribution in [0.3, 0.4) is 0 Å². The first-order valence-corrected chi connectivity index (χ1v) is 6.82. The van der Waals surface area contributed by atoms with E-state index in [1.807, 2.05) is 6.92 Å². The fourth-order valence-corrected chi connectivity index (χ4v) is 2.02. The van der Waals surface area contributed by atoms with E-state index < -0.39 is 10.9 Å². The van der Waals surface area contributed by atoms with Gasteiger partial charge in [0.05, 0.1) is 18.0 Å². The molecule has 0 saturated heterocycles. The third-order valence-corrected chi connectivity index (χ3v) is 2.96. The van der Waals surface area contributed by atoms with Crippen LogP contribution in [-0.2, 0) is 9.59 Å². The van der Waals surface area contributed by atoms with Crippen molar-refractivity contribution in [1.29, 1.82) is 0 Å². The van der Waals surface area contributed by atoms with E-state index in [1.54, 1.807) is 6.92 Å². The highest BCUT2D eigenvalue weighted by molar-refractivity contribution is 5.93. The Bertz CT molecular complexity index is 574. The van der Waals surface area contributed by atoms with Gasteiger partial charge in [-0.15, -0.1) is 0 Å². The highest BCUT2D eigenvalue weighted by Crippen LogP contribution is 2.21. The number of carbonyl (C=O) groups excluding carboxylic acids is 1. The molecule has 0 saturated carbocycles. The second-order valence-electron chi connectivity index (χ2n) is 4.91. The van der Waals surface area contributed by atoms with E-state index in [2.05, 4.69) is 5.32 Å². The molecule has 1 aromatic carbocycles. The number of carbonyl (C=O) groups is 2. The van der Waals surface area contributed by atoms with Crippen LogP contribution in [0.5, 0.6) is 0 Å². The zero-order valence-electron chi connectivity index (χ0n) is 12.5. The number of anilines is 1. The summed E-state index contributed by atoms with van der Waals surface area (Å²) in [5.41, 5.74) is 0.999. The van der Waals surface area contributed by atoms with Crippen molar-refractivity contribution in [3.8, 4) is 0 Å². The van der Waals surface area contributed by atoms with E-state index in [9.17, 15) is 19.7 Å². The third-order valence-electron chi connectivity index (χ3n) is 2.96. The molecule has 8 heteroatoms. The van der Waals surface area contributed by atoms with Crippen LogP contribution in [0.1, 0.15) is 18.9 Å². The standard InChI is InChI=1S/C14H19N3O5/c1-3-6-16(9-14(19)20)8-13(18)15-12-5-4-11(17(21)22)7-10(12)2/h4-5,7H,3,6,8-9H2,1-2H3,(H,15,18)(H,19,20). The summed E-state index contributed by atoms with van der Waals surface area (Å²) in [5.74, 6) is -1.35. The topological polar surface area (TPSA) is 113 Å². The number of benzene rings is 1. The summed E-state index contributed by atoms with van der Waals surface area (Å²) < 4.78 is 0. The van der Waals surface area contributed by atoms with Gasteiger partial charge in [0.1, 0.15) is 0 Å². The smallest absolute Gasteiger partial charge is 0.317 e. The average molecular weight is 309 g/mol. The zero-order chi connectivity index (χ0) is 16.7. The largest absolute Gasteiger partial charge is 0.480 e. The second-order valence-corrected chi connectivity index (χ2v) is 4.91. The first-order valence-electron chi connectivity index (χ1n) is 6.82. The van der Waals surface area contributed by atoms with Gasteiger partial charge in [0, 0.05) is 17.8 Å². The Labute approximate surface area is 127 Å². The number of amides is 1. The van der Waals surface area contributed by atoms with Crippen LogP contribution in [0.25, 0.3) is 0 Å². The molecular formula is C14H19N3O5. The van der Waals surface area contributed by atoms with E-state index >= 15 is 0 Å². The molecule has 22 heavy (non-hydrogen) atoms. The van der Waals surface area contributed by atoms with Gasteiger partial charge in [-0.25, -0.2) is 0 Å². The molecule has 0 radical (unpaired) electrons. The number of aliphatic carboxylic acids is 1. The molecule has 0 aliphatic heterocycles. The van der Waals surface area contributed by atoms with Crippen LogP contribution in [0.2, 0.25) is 0 Å². The number of nitro groups is 1. The van der Waals surface area contributed by atoms with Crippen molar-refractivity contribution in [3.05, 3.63) is 33.9 Å². The summed E-state index contributed by atoms with van der Waals surface area (Å²) in [5, 5.41) is 22.1. The maximum atomic E-state index is 12.0. The molecule has 0 bridgehead atoms. The number of rotatable bonds is 8. The molecule has 1 aromatic rings. The molecule has 8 nitrogen and oxygen atoms in total. The van der Waals surface area contributed by atoms with Gasteiger partial charge in [0.15, 0.2) is 0 Å². The van der Waals surface area contributed by atoms with Crippen molar-refractivity contribution < 1.29 is 19.6 Å². The number of hydrogen-bond acceptors (Lipinski definition) is 5. The number of non-ortho nitro benzene ring substituents is 1. The van der Waals surface area contributed by atoms with Crippen LogP contribution >= 0.6 is 0 Å². The summed E-state index contributed by atoms with van der Waals surface area (Å²) in [6, 6.07) is 4.15. The Balaban J connectivity index is 2.71. The van der Waals surface area contributed by atoms with E-state index in [0.717, 1.165) is 6.42 Å². The van der Waals surface area contributed by atoms with Crippen LogP contribution in [0.4, 0.5) is 11.4 Å². The second kappa shape index (κ2) is 8.08. The van der Waals surface area contributed by atoms with Gasteiger partial charge in [-0.1, -0.05) is 6.92 Å². The number of carboxylic acid groups (broad SMARTS) is 1. The number of aryl methyl sites for hydroxylation is 1. The van der Waals surface area contributed by atoms with Gasteiger partial charge in [0.25, 0.3) is 5.69 Å². The number of nitrogens with zero attached hydrogens (tertiary/aromatic N) is 2. The lowest BCUT2D eigenvalue weighted by atomic mass is 10.2. The van der Waals surface area contributed by atoms with Gasteiger partial charge in [-0.05, 0) is 31.5 Å². The minimum atomic E-state index is -0.993. The number of carboxylic acids is 1. The van der Waals surface area contributed by atoms with Gasteiger partial charge in [-0.2, -0.15) is 0 Å². The predicted molar refractivity (Wildman–Crippen MR) is 80.8 cm³/mol. The van der Waals surface area contributed by atoms with Gasteiger partial charge >= 0.3 is 5.97 Å². The van der Waals surface area contributed by atoms with Crippen molar-refractivity contribution in [3.63, 3.8) is 0 Å². The van der Waals surface area contributed by atoms with Crippen LogP contribution in [0.15, 0.2) is 18.2 Å². The Hall–Kier alpha value is -2.48. The molecule has 0 aliphatic rings. The Morgan fingerprint density at radius 1 is 1.36 bits per heavy atom. The summed E-state index contributed by atoms with van der Waals surface area (Å²) in [6.07, 6.45) is 0.733. The Kier molecular flexibility index (Phi) is 6.46. The fraction of sp³-hybridized carbons (Fsp3) is 0.429. The maximum absolute atomic E-state index is 12.0. The van der Waals surface area contributed by atoms with E-state index in [1.165, 1.54) is 23.1 Å². The van der Waals surface area contributed by atoms with Crippen LogP contribution in [0, 0.1) is 17.0 Å². The fourth-order valence-electron chi connectivity index (χ4n) is 2.02. The van der Waals surface area contributed by atoms with Crippen molar-refractivity contribution in [2.24, 2.45) is 0 Å². The van der Waals surface area contributed by atoms with Gasteiger partial charge in [-0.3, -0.25) is 24.6 Å². The minimum Gasteiger partial charge on any atom is -0.480 e. The highest BCUT2D eigenvalue weighted by Gasteiger charge is 2.15. The molecule has 0 atom stereocenters.